The van der Waals surface area contributed by atoms with E-state index in [0.717, 1.165) is 43.0 Å². The lowest BCUT2D eigenvalue weighted by Crippen LogP contribution is -2.46. The molecule has 1 N–H and O–H groups in total. The molecule has 4 atom stereocenters. The summed E-state index contributed by atoms with van der Waals surface area (Å²) in [5.41, 5.74) is -4.21. The molecule has 0 radical (unpaired) electrons. The molecule has 42 heavy (non-hydrogen) atoms. The number of hydrogen-bond donors (Lipinski definition) is 1. The van der Waals surface area contributed by atoms with E-state index >= 15 is 0 Å². The van der Waals surface area contributed by atoms with E-state index in [9.17, 15) is 39.9 Å². The summed E-state index contributed by atoms with van der Waals surface area (Å²) in [5.74, 6) is -5.83. The molecule has 1 fully saturated rings. The van der Waals surface area contributed by atoms with Gasteiger partial charge in [0.2, 0.25) is 5.82 Å². The third kappa shape index (κ3) is 4.61. The van der Waals surface area contributed by atoms with Crippen molar-refractivity contribution in [1.82, 2.24) is 14.8 Å². The Balaban J connectivity index is 1.65. The number of nitrogens with one attached hydrogen (secondary N) is 1. The first-order valence-corrected chi connectivity index (χ1v) is 12.5. The Kier molecular flexibility index (Phi) is 6.91. The van der Waals surface area contributed by atoms with Crippen LogP contribution in [0.5, 0.6) is 5.75 Å². The molecule has 2 aromatic carbocycles. The number of hydrogen-bond acceptors (Lipinski definition) is 4. The second-order valence-electron chi connectivity index (χ2n) is 10.3. The third-order valence-corrected chi connectivity index (χ3v) is 7.94. The number of alkyl halides is 6. The van der Waals surface area contributed by atoms with Gasteiger partial charge in [0, 0.05) is 52.7 Å². The van der Waals surface area contributed by atoms with Crippen molar-refractivity contribution in [3.63, 3.8) is 0 Å². The summed E-state index contributed by atoms with van der Waals surface area (Å²) in [4.78, 5) is 16.2. The lowest BCUT2D eigenvalue weighted by atomic mass is 9.76. The predicted octanol–water partition coefficient (Wildman–Crippen LogP) is 7.05. The number of H-pyrrole nitrogens is 1. The molecule has 0 bridgehead atoms. The highest BCUT2D eigenvalue weighted by atomic mass is 19.4. The maximum Gasteiger partial charge on any atom is 0.435 e. The van der Waals surface area contributed by atoms with Crippen LogP contribution in [0.2, 0.25) is 0 Å². The molecule has 5 rings (SSSR count). The van der Waals surface area contributed by atoms with Crippen molar-refractivity contribution in [1.29, 1.82) is 0 Å². The van der Waals surface area contributed by atoms with Crippen molar-refractivity contribution >= 4 is 10.9 Å². The fraction of sp³-hybridized carbons (Fsp3) is 0.357. The van der Waals surface area contributed by atoms with Crippen molar-refractivity contribution < 1.29 is 44.6 Å². The lowest BCUT2D eigenvalue weighted by Gasteiger charge is -2.32. The molecular weight excluding hydrogens is 578 g/mol. The largest absolute Gasteiger partial charge is 0.493 e. The Hall–Kier alpha value is -3.94. The van der Waals surface area contributed by atoms with Crippen molar-refractivity contribution in [3.8, 4) is 17.0 Å². The van der Waals surface area contributed by atoms with Crippen LogP contribution in [-0.4, -0.2) is 33.7 Å². The molecule has 0 spiro atoms. The fourth-order valence-electron chi connectivity index (χ4n) is 5.54. The van der Waals surface area contributed by atoms with Gasteiger partial charge >= 0.3 is 12.4 Å². The minimum absolute atomic E-state index is 0.0394. The molecule has 14 heteroatoms. The normalized spacial score (nSPS) is 23.1. The van der Waals surface area contributed by atoms with Crippen LogP contribution in [0.25, 0.3) is 22.2 Å². The molecule has 224 valence electrons. The van der Waals surface area contributed by atoms with Gasteiger partial charge in [-0.05, 0) is 31.2 Å². The van der Waals surface area contributed by atoms with E-state index in [0.29, 0.717) is 0 Å². The van der Waals surface area contributed by atoms with E-state index in [1.54, 1.807) is 0 Å². The second-order valence-corrected chi connectivity index (χ2v) is 10.3. The number of aryl methyl sites for hydroxylation is 1. The zero-order valence-electron chi connectivity index (χ0n) is 22.4. The molecule has 1 aliphatic rings. The monoisotopic (exact) mass is 601 g/mol. The number of fused-ring (bicyclic) bond motifs is 1. The van der Waals surface area contributed by atoms with E-state index in [4.69, 9.17) is 9.47 Å². The number of nitrogens with zero attached hydrogens (tertiary/aromatic N) is 2. The average Bonchev–Trinajstić information content (AvgIpc) is 3.43. The van der Waals surface area contributed by atoms with Gasteiger partial charge in [-0.2, -0.15) is 35.8 Å². The average molecular weight is 601 g/mol. The zero-order chi connectivity index (χ0) is 30.9. The SMILES string of the molecule is COc1c([C@H]2[C@H](c3cc(=O)c4cc(-c5cc(C(F)(F)F)nn5C)ccc4[nH]3)O[C@@](C)(C(F)(F)F)[C@H]2C)ccc(F)c1F. The van der Waals surface area contributed by atoms with Gasteiger partial charge in [0.05, 0.1) is 12.8 Å². The number of methoxy groups -OCH3 is 1. The first-order chi connectivity index (χ1) is 19.5. The standard InChI is InChI=1S/C28H23F8N3O3/c1-12-22(14-6-7-16(29)23(30)24(14)41-4)25(42-26(12,2)28(34,35)36)18-10-20(40)15-9-13(5-8-17(15)37-18)19-11-21(27(31,32)33)38-39(19)3/h5-12,22,25H,1-4H3,(H,37,40)/t12-,22-,25-,26+/m0/s1. The van der Waals surface area contributed by atoms with Gasteiger partial charge in [0.25, 0.3) is 0 Å². The maximum absolute atomic E-state index is 14.7. The van der Waals surface area contributed by atoms with Gasteiger partial charge in [0.15, 0.2) is 28.3 Å². The minimum Gasteiger partial charge on any atom is -0.493 e. The van der Waals surface area contributed by atoms with Crippen LogP contribution in [0.3, 0.4) is 0 Å². The number of ether oxygens (including phenoxy) is 2. The first kappa shape index (κ1) is 29.5. The van der Waals surface area contributed by atoms with E-state index in [1.165, 1.54) is 32.2 Å². The molecule has 3 heterocycles. The summed E-state index contributed by atoms with van der Waals surface area (Å²) in [6.07, 6.45) is -11.0. The summed E-state index contributed by atoms with van der Waals surface area (Å²) >= 11 is 0. The highest BCUT2D eigenvalue weighted by Gasteiger charge is 2.65. The molecule has 6 nitrogen and oxygen atoms in total. The van der Waals surface area contributed by atoms with Gasteiger partial charge in [0.1, 0.15) is 6.10 Å². The van der Waals surface area contributed by atoms with E-state index in [1.807, 2.05) is 0 Å². The van der Waals surface area contributed by atoms with Crippen LogP contribution >= 0.6 is 0 Å². The molecule has 0 saturated carbocycles. The van der Waals surface area contributed by atoms with Crippen LogP contribution in [0, 0.1) is 17.6 Å². The number of aromatic nitrogens is 3. The molecule has 0 amide bonds. The quantitative estimate of drug-likeness (QED) is 0.255. The highest BCUT2D eigenvalue weighted by Crippen LogP contribution is 2.59. The highest BCUT2D eigenvalue weighted by molar-refractivity contribution is 5.84. The number of pyridine rings is 1. The number of benzene rings is 2. The zero-order valence-corrected chi connectivity index (χ0v) is 22.4. The topological polar surface area (TPSA) is 69.1 Å². The Morgan fingerprint density at radius 3 is 2.33 bits per heavy atom. The summed E-state index contributed by atoms with van der Waals surface area (Å²) < 4.78 is 123. The van der Waals surface area contributed by atoms with Crippen molar-refractivity contribution in [3.05, 3.63) is 81.3 Å². The van der Waals surface area contributed by atoms with E-state index in [-0.39, 0.29) is 33.4 Å². The number of rotatable bonds is 4. The Labute approximate surface area is 232 Å². The second kappa shape index (κ2) is 9.82. The summed E-state index contributed by atoms with van der Waals surface area (Å²) in [6, 6.07) is 7.89. The summed E-state index contributed by atoms with van der Waals surface area (Å²) in [5, 5.41) is 3.51. The lowest BCUT2D eigenvalue weighted by molar-refractivity contribution is -0.275. The van der Waals surface area contributed by atoms with E-state index < -0.39 is 64.4 Å². The van der Waals surface area contributed by atoms with Crippen LogP contribution in [0.15, 0.2) is 47.3 Å². The molecule has 2 aromatic heterocycles. The number of halogens is 8. The van der Waals surface area contributed by atoms with Gasteiger partial charge in [-0.3, -0.25) is 9.48 Å². The number of aromatic amines is 1. The third-order valence-electron chi connectivity index (χ3n) is 7.94. The first-order valence-electron chi connectivity index (χ1n) is 12.5. The molecule has 4 aromatic rings. The molecule has 1 aliphatic heterocycles. The van der Waals surface area contributed by atoms with Crippen molar-refractivity contribution in [2.75, 3.05) is 7.11 Å². The van der Waals surface area contributed by atoms with Crippen LogP contribution in [0.4, 0.5) is 35.1 Å². The molecule has 0 unspecified atom stereocenters. The Morgan fingerprint density at radius 2 is 1.74 bits per heavy atom. The molecule has 1 saturated heterocycles. The van der Waals surface area contributed by atoms with Crippen molar-refractivity contribution in [2.45, 2.75) is 43.8 Å². The van der Waals surface area contributed by atoms with Crippen LogP contribution < -0.4 is 10.2 Å². The fourth-order valence-corrected chi connectivity index (χ4v) is 5.54. The van der Waals surface area contributed by atoms with Gasteiger partial charge in [-0.15, -0.1) is 0 Å². The predicted molar refractivity (Wildman–Crippen MR) is 135 cm³/mol. The van der Waals surface area contributed by atoms with Gasteiger partial charge in [-0.25, -0.2) is 4.39 Å². The van der Waals surface area contributed by atoms with Gasteiger partial charge < -0.3 is 14.5 Å². The Bertz CT molecular complexity index is 1740. The summed E-state index contributed by atoms with van der Waals surface area (Å²) in [6.45, 7) is 2.10. The smallest absolute Gasteiger partial charge is 0.435 e. The van der Waals surface area contributed by atoms with Crippen LogP contribution in [0.1, 0.15) is 42.8 Å². The van der Waals surface area contributed by atoms with Gasteiger partial charge in [-0.1, -0.05) is 19.1 Å². The van der Waals surface area contributed by atoms with E-state index in [2.05, 4.69) is 10.1 Å². The van der Waals surface area contributed by atoms with Crippen molar-refractivity contribution in [2.24, 2.45) is 13.0 Å². The molecular formula is C28H23F8N3O3. The summed E-state index contributed by atoms with van der Waals surface area (Å²) in [7, 11) is 2.36. The maximum atomic E-state index is 14.7. The minimum atomic E-state index is -4.88. The molecule has 0 aliphatic carbocycles. The van der Waals surface area contributed by atoms with Crippen LogP contribution in [-0.2, 0) is 18.0 Å². The Morgan fingerprint density at radius 1 is 1.05 bits per heavy atom.